The van der Waals surface area contributed by atoms with Gasteiger partial charge in [0.05, 0.1) is 19.2 Å². The number of aryl methyl sites for hydroxylation is 1. The topological polar surface area (TPSA) is 38.7 Å². The van der Waals surface area contributed by atoms with E-state index in [2.05, 4.69) is 0 Å². The smallest absolute Gasteiger partial charge is 0.165 e. The van der Waals surface area contributed by atoms with E-state index >= 15 is 0 Å². The molecule has 1 aromatic carbocycles. The molecular weight excluding hydrogens is 216 g/mol. The number of methoxy groups -OCH3 is 2. The lowest BCUT2D eigenvalue weighted by atomic mass is 10.1. The molecule has 1 rings (SSSR count). The Kier molecular flexibility index (Phi) is 4.24. The molecule has 1 aromatic rings. The van der Waals surface area contributed by atoms with E-state index in [1.54, 1.807) is 14.2 Å². The summed E-state index contributed by atoms with van der Waals surface area (Å²) in [5.74, 6) is 1.24. The average Bonchev–Trinajstić information content (AvgIpc) is 2.24. The predicted molar refractivity (Wildman–Crippen MR) is 60.1 cm³/mol. The number of aliphatic hydroxyl groups is 1. The van der Waals surface area contributed by atoms with Crippen LogP contribution in [0.4, 0.5) is 0 Å². The first-order chi connectivity index (χ1) is 7.15. The molecule has 84 valence electrons. The largest absolute Gasteiger partial charge is 0.493 e. The van der Waals surface area contributed by atoms with Crippen LogP contribution in [0.5, 0.6) is 11.5 Å². The molecule has 0 heterocycles. The molecule has 0 saturated carbocycles. The third-order valence-electron chi connectivity index (χ3n) is 2.24. The quantitative estimate of drug-likeness (QED) is 0.862. The van der Waals surface area contributed by atoms with Crippen LogP contribution in [-0.4, -0.2) is 25.9 Å². The van der Waals surface area contributed by atoms with Gasteiger partial charge in [0, 0.05) is 18.6 Å². The van der Waals surface area contributed by atoms with Crippen LogP contribution in [0.2, 0.25) is 5.02 Å². The molecule has 0 aliphatic carbocycles. The molecule has 15 heavy (non-hydrogen) atoms. The number of benzene rings is 1. The van der Waals surface area contributed by atoms with Gasteiger partial charge in [-0.05, 0) is 18.6 Å². The normalized spacial score (nSPS) is 10.2. The van der Waals surface area contributed by atoms with Gasteiger partial charge in [-0.3, -0.25) is 0 Å². The van der Waals surface area contributed by atoms with Gasteiger partial charge in [-0.15, -0.1) is 0 Å². The van der Waals surface area contributed by atoms with Crippen molar-refractivity contribution in [3.63, 3.8) is 0 Å². The zero-order valence-electron chi connectivity index (χ0n) is 9.13. The van der Waals surface area contributed by atoms with E-state index in [4.69, 9.17) is 26.2 Å². The van der Waals surface area contributed by atoms with Crippen molar-refractivity contribution >= 4 is 11.6 Å². The van der Waals surface area contributed by atoms with Gasteiger partial charge in [-0.2, -0.15) is 0 Å². The Labute approximate surface area is 94.6 Å². The van der Waals surface area contributed by atoms with Gasteiger partial charge in [0.1, 0.15) is 0 Å². The Bertz CT molecular complexity index is 350. The Morgan fingerprint density at radius 1 is 1.33 bits per heavy atom. The van der Waals surface area contributed by atoms with Crippen molar-refractivity contribution in [1.82, 2.24) is 0 Å². The summed E-state index contributed by atoms with van der Waals surface area (Å²) in [5, 5.41) is 9.59. The van der Waals surface area contributed by atoms with Gasteiger partial charge in [0.25, 0.3) is 0 Å². The highest BCUT2D eigenvalue weighted by molar-refractivity contribution is 6.32. The standard InChI is InChI=1S/C11H15ClO3/c1-7-6-9(14-2)11(15-3)8(4-5-13)10(7)12/h6,13H,4-5H2,1-3H3. The monoisotopic (exact) mass is 230 g/mol. The minimum atomic E-state index is 0.0304. The molecule has 0 unspecified atom stereocenters. The summed E-state index contributed by atoms with van der Waals surface area (Å²) < 4.78 is 10.4. The molecule has 0 aliphatic heterocycles. The molecular formula is C11H15ClO3. The number of halogens is 1. The van der Waals surface area contributed by atoms with Crippen molar-refractivity contribution in [3.8, 4) is 11.5 Å². The van der Waals surface area contributed by atoms with Crippen LogP contribution < -0.4 is 9.47 Å². The fourth-order valence-electron chi connectivity index (χ4n) is 1.52. The van der Waals surface area contributed by atoms with Gasteiger partial charge in [0.2, 0.25) is 0 Å². The number of rotatable bonds is 4. The van der Waals surface area contributed by atoms with E-state index in [9.17, 15) is 0 Å². The van der Waals surface area contributed by atoms with Crippen LogP contribution in [0.25, 0.3) is 0 Å². The maximum Gasteiger partial charge on any atom is 0.165 e. The van der Waals surface area contributed by atoms with E-state index in [0.717, 1.165) is 11.1 Å². The van der Waals surface area contributed by atoms with Crippen molar-refractivity contribution in [1.29, 1.82) is 0 Å². The Balaban J connectivity index is 3.35. The van der Waals surface area contributed by atoms with Crippen LogP contribution in [0.3, 0.4) is 0 Å². The van der Waals surface area contributed by atoms with Crippen LogP contribution >= 0.6 is 11.6 Å². The Hall–Kier alpha value is -0.930. The number of hydrogen-bond donors (Lipinski definition) is 1. The lowest BCUT2D eigenvalue weighted by Gasteiger charge is -2.15. The fraction of sp³-hybridized carbons (Fsp3) is 0.455. The first-order valence-corrected chi connectivity index (χ1v) is 5.04. The van der Waals surface area contributed by atoms with E-state index in [0.29, 0.717) is 22.9 Å². The summed E-state index contributed by atoms with van der Waals surface area (Å²) >= 11 is 6.14. The molecule has 0 aromatic heterocycles. The number of ether oxygens (including phenoxy) is 2. The molecule has 1 N–H and O–H groups in total. The summed E-state index contributed by atoms with van der Waals surface area (Å²) in [6.45, 7) is 1.92. The zero-order valence-corrected chi connectivity index (χ0v) is 9.89. The first kappa shape index (κ1) is 12.1. The molecule has 0 saturated heterocycles. The van der Waals surface area contributed by atoms with E-state index < -0.39 is 0 Å². The molecule has 0 aliphatic rings. The van der Waals surface area contributed by atoms with Crippen LogP contribution in [-0.2, 0) is 6.42 Å². The lowest BCUT2D eigenvalue weighted by molar-refractivity contribution is 0.294. The maximum atomic E-state index is 8.96. The SMILES string of the molecule is COc1cc(C)c(Cl)c(CCO)c1OC. The first-order valence-electron chi connectivity index (χ1n) is 4.66. The third kappa shape index (κ3) is 2.36. The summed E-state index contributed by atoms with van der Waals surface area (Å²) in [4.78, 5) is 0. The van der Waals surface area contributed by atoms with Gasteiger partial charge in [0.15, 0.2) is 11.5 Å². The summed E-state index contributed by atoms with van der Waals surface area (Å²) in [5.41, 5.74) is 1.70. The second kappa shape index (κ2) is 5.24. The highest BCUT2D eigenvalue weighted by atomic mass is 35.5. The third-order valence-corrected chi connectivity index (χ3v) is 2.77. The van der Waals surface area contributed by atoms with Crippen LogP contribution in [0, 0.1) is 6.92 Å². The number of aliphatic hydroxyl groups excluding tert-OH is 1. The molecule has 0 bridgehead atoms. The van der Waals surface area contributed by atoms with Gasteiger partial charge in [-0.1, -0.05) is 11.6 Å². The van der Waals surface area contributed by atoms with Crippen molar-refractivity contribution in [3.05, 3.63) is 22.2 Å². The average molecular weight is 231 g/mol. The summed E-state index contributed by atoms with van der Waals surface area (Å²) in [6, 6.07) is 1.82. The Morgan fingerprint density at radius 2 is 2.00 bits per heavy atom. The number of hydrogen-bond acceptors (Lipinski definition) is 3. The van der Waals surface area contributed by atoms with Crippen LogP contribution in [0.1, 0.15) is 11.1 Å². The zero-order chi connectivity index (χ0) is 11.4. The van der Waals surface area contributed by atoms with Crippen molar-refractivity contribution < 1.29 is 14.6 Å². The van der Waals surface area contributed by atoms with Crippen molar-refractivity contribution in [2.75, 3.05) is 20.8 Å². The second-order valence-corrected chi connectivity index (χ2v) is 3.57. The van der Waals surface area contributed by atoms with E-state index in [1.807, 2.05) is 13.0 Å². The van der Waals surface area contributed by atoms with Crippen LogP contribution in [0.15, 0.2) is 6.07 Å². The predicted octanol–water partition coefficient (Wildman–Crippen LogP) is 2.20. The van der Waals surface area contributed by atoms with Crippen molar-refractivity contribution in [2.45, 2.75) is 13.3 Å². The van der Waals surface area contributed by atoms with E-state index in [1.165, 1.54) is 0 Å². The summed E-state index contributed by atoms with van der Waals surface area (Å²) in [7, 11) is 3.14. The minimum Gasteiger partial charge on any atom is -0.493 e. The molecule has 0 fully saturated rings. The van der Waals surface area contributed by atoms with Crippen molar-refractivity contribution in [2.24, 2.45) is 0 Å². The van der Waals surface area contributed by atoms with Gasteiger partial charge in [-0.25, -0.2) is 0 Å². The molecule has 3 nitrogen and oxygen atoms in total. The Morgan fingerprint density at radius 3 is 2.47 bits per heavy atom. The van der Waals surface area contributed by atoms with Gasteiger partial charge >= 0.3 is 0 Å². The second-order valence-electron chi connectivity index (χ2n) is 3.20. The molecule has 0 radical (unpaired) electrons. The highest BCUT2D eigenvalue weighted by Gasteiger charge is 2.15. The lowest BCUT2D eigenvalue weighted by Crippen LogP contribution is -2.01. The molecule has 4 heteroatoms. The molecule has 0 amide bonds. The molecule has 0 spiro atoms. The van der Waals surface area contributed by atoms with E-state index in [-0.39, 0.29) is 6.61 Å². The maximum absolute atomic E-state index is 8.96. The highest BCUT2D eigenvalue weighted by Crippen LogP contribution is 2.38. The molecule has 0 atom stereocenters. The van der Waals surface area contributed by atoms with Gasteiger partial charge < -0.3 is 14.6 Å². The fourth-order valence-corrected chi connectivity index (χ4v) is 1.76. The minimum absolute atomic E-state index is 0.0304. The summed E-state index contributed by atoms with van der Waals surface area (Å²) in [6.07, 6.45) is 0.458.